The summed E-state index contributed by atoms with van der Waals surface area (Å²) in [5.41, 5.74) is 2.33. The molecular weight excluding hydrogens is 495 g/mol. The lowest BCUT2D eigenvalue weighted by Crippen LogP contribution is -2.44. The molecule has 2 aromatic rings. The first-order valence-corrected chi connectivity index (χ1v) is 10.8. The van der Waals surface area contributed by atoms with Crippen LogP contribution in [-0.2, 0) is 6.54 Å². The molecule has 0 spiro atoms. The van der Waals surface area contributed by atoms with Crippen molar-refractivity contribution < 1.29 is 4.74 Å². The second-order valence-corrected chi connectivity index (χ2v) is 8.43. The minimum atomic E-state index is 0. The first-order chi connectivity index (χ1) is 13.6. The van der Waals surface area contributed by atoms with E-state index in [-0.39, 0.29) is 24.0 Å². The van der Waals surface area contributed by atoms with Gasteiger partial charge in [0.2, 0.25) is 0 Å². The Kier molecular flexibility index (Phi) is 9.71. The molecular formula is C22H33IN4OS. The topological polar surface area (TPSA) is 48.9 Å². The molecule has 1 saturated heterocycles. The third-order valence-corrected chi connectivity index (χ3v) is 6.47. The number of piperidine rings is 1. The molecule has 0 bridgehead atoms. The van der Waals surface area contributed by atoms with Gasteiger partial charge in [0.05, 0.1) is 7.11 Å². The SMILES string of the molecule is CN=C(NCc1ccc(C)c(OC)c1)NCC1CCCN(C)C1c1cccs1.I. The number of hydrogen-bond acceptors (Lipinski definition) is 4. The van der Waals surface area contributed by atoms with Crippen LogP contribution in [0, 0.1) is 12.8 Å². The minimum absolute atomic E-state index is 0. The van der Waals surface area contributed by atoms with E-state index in [0.717, 1.165) is 30.4 Å². The molecule has 1 aliphatic rings. The Bertz CT molecular complexity index is 781. The molecule has 2 heterocycles. The number of nitrogens with one attached hydrogen (secondary N) is 2. The molecule has 0 radical (unpaired) electrons. The van der Waals surface area contributed by atoms with Crippen molar-refractivity contribution in [2.24, 2.45) is 10.9 Å². The third-order valence-electron chi connectivity index (χ3n) is 5.53. The molecule has 7 heteroatoms. The number of thiophene rings is 1. The first kappa shape index (κ1) is 24.0. The molecule has 2 atom stereocenters. The Labute approximate surface area is 196 Å². The average Bonchev–Trinajstić information content (AvgIpc) is 3.23. The van der Waals surface area contributed by atoms with Gasteiger partial charge in [-0.1, -0.05) is 18.2 Å². The summed E-state index contributed by atoms with van der Waals surface area (Å²) in [5, 5.41) is 9.16. The van der Waals surface area contributed by atoms with Crippen LogP contribution in [0.25, 0.3) is 0 Å². The Balaban J connectivity index is 0.00000300. The van der Waals surface area contributed by atoms with Crippen LogP contribution in [0.15, 0.2) is 40.7 Å². The van der Waals surface area contributed by atoms with E-state index < -0.39 is 0 Å². The van der Waals surface area contributed by atoms with Gasteiger partial charge >= 0.3 is 0 Å². The molecule has 1 aromatic carbocycles. The van der Waals surface area contributed by atoms with Crippen molar-refractivity contribution in [3.05, 3.63) is 51.7 Å². The monoisotopic (exact) mass is 528 g/mol. The summed E-state index contributed by atoms with van der Waals surface area (Å²) < 4.78 is 5.43. The number of nitrogens with zero attached hydrogens (tertiary/aromatic N) is 2. The summed E-state index contributed by atoms with van der Waals surface area (Å²) in [6.45, 7) is 4.86. The lowest BCUT2D eigenvalue weighted by Gasteiger charge is -2.39. The van der Waals surface area contributed by atoms with Crippen molar-refractivity contribution in [2.45, 2.75) is 32.4 Å². The predicted molar refractivity (Wildman–Crippen MR) is 134 cm³/mol. The van der Waals surface area contributed by atoms with Crippen LogP contribution in [0.2, 0.25) is 0 Å². The van der Waals surface area contributed by atoms with Gasteiger partial charge in [-0.2, -0.15) is 0 Å². The molecule has 0 saturated carbocycles. The van der Waals surface area contributed by atoms with E-state index in [1.807, 2.05) is 18.4 Å². The average molecular weight is 529 g/mol. The highest BCUT2D eigenvalue weighted by Crippen LogP contribution is 2.36. The van der Waals surface area contributed by atoms with Gasteiger partial charge in [-0.15, -0.1) is 35.3 Å². The molecule has 2 N–H and O–H groups in total. The van der Waals surface area contributed by atoms with Crippen LogP contribution in [-0.4, -0.2) is 45.2 Å². The standard InChI is InChI=1S/C22H32N4OS.HI/c1-16-9-10-17(13-19(16)27-4)14-24-22(23-2)25-15-18-7-5-11-26(3)21(18)20-8-6-12-28-20;/h6,8-10,12-13,18,21H,5,7,11,14-15H2,1-4H3,(H2,23,24,25);1H. The van der Waals surface area contributed by atoms with Crippen molar-refractivity contribution in [3.8, 4) is 5.75 Å². The largest absolute Gasteiger partial charge is 0.496 e. The van der Waals surface area contributed by atoms with E-state index in [2.05, 4.69) is 70.2 Å². The van der Waals surface area contributed by atoms with E-state index in [0.29, 0.717) is 12.0 Å². The van der Waals surface area contributed by atoms with E-state index in [1.165, 1.54) is 29.8 Å². The molecule has 29 heavy (non-hydrogen) atoms. The van der Waals surface area contributed by atoms with Gasteiger partial charge in [0.15, 0.2) is 5.96 Å². The number of likely N-dealkylation sites (tertiary alicyclic amines) is 1. The van der Waals surface area contributed by atoms with Crippen molar-refractivity contribution in [3.63, 3.8) is 0 Å². The molecule has 160 valence electrons. The quantitative estimate of drug-likeness (QED) is 0.331. The Morgan fingerprint density at radius 2 is 2.14 bits per heavy atom. The molecule has 5 nitrogen and oxygen atoms in total. The van der Waals surface area contributed by atoms with Crippen LogP contribution in [0.4, 0.5) is 0 Å². The number of ether oxygens (including phenoxy) is 1. The van der Waals surface area contributed by atoms with E-state index in [9.17, 15) is 0 Å². The molecule has 1 aliphatic heterocycles. The maximum atomic E-state index is 5.43. The molecule has 1 aromatic heterocycles. The highest BCUT2D eigenvalue weighted by atomic mass is 127. The lowest BCUT2D eigenvalue weighted by atomic mass is 9.88. The van der Waals surface area contributed by atoms with E-state index in [4.69, 9.17) is 4.74 Å². The summed E-state index contributed by atoms with van der Waals surface area (Å²) in [6, 6.07) is 11.2. The molecule has 2 unspecified atom stereocenters. The molecule has 3 rings (SSSR count). The fraction of sp³-hybridized carbons (Fsp3) is 0.500. The third kappa shape index (κ3) is 6.33. The number of rotatable bonds is 6. The van der Waals surface area contributed by atoms with Gasteiger partial charge < -0.3 is 15.4 Å². The van der Waals surface area contributed by atoms with E-state index >= 15 is 0 Å². The van der Waals surface area contributed by atoms with Gasteiger partial charge in [-0.25, -0.2) is 0 Å². The molecule has 0 amide bonds. The van der Waals surface area contributed by atoms with Gasteiger partial charge in [-0.3, -0.25) is 9.89 Å². The lowest BCUT2D eigenvalue weighted by molar-refractivity contribution is 0.125. The van der Waals surface area contributed by atoms with Crippen molar-refractivity contribution >= 4 is 41.3 Å². The number of aliphatic imine (C=N–C) groups is 1. The van der Waals surface area contributed by atoms with Crippen LogP contribution in [0.1, 0.15) is 34.9 Å². The van der Waals surface area contributed by atoms with Gasteiger partial charge in [0.25, 0.3) is 0 Å². The number of benzene rings is 1. The second-order valence-electron chi connectivity index (χ2n) is 7.45. The highest BCUT2D eigenvalue weighted by molar-refractivity contribution is 14.0. The maximum absolute atomic E-state index is 5.43. The van der Waals surface area contributed by atoms with Crippen LogP contribution >= 0.6 is 35.3 Å². The maximum Gasteiger partial charge on any atom is 0.191 e. The zero-order valence-electron chi connectivity index (χ0n) is 17.8. The summed E-state index contributed by atoms with van der Waals surface area (Å²) in [7, 11) is 5.79. The van der Waals surface area contributed by atoms with E-state index in [1.54, 1.807) is 7.11 Å². The summed E-state index contributed by atoms with van der Waals surface area (Å²) >= 11 is 1.86. The van der Waals surface area contributed by atoms with Crippen molar-refractivity contribution in [1.82, 2.24) is 15.5 Å². The zero-order chi connectivity index (χ0) is 19.9. The number of methoxy groups -OCH3 is 1. The van der Waals surface area contributed by atoms with Crippen LogP contribution in [0.3, 0.4) is 0 Å². The van der Waals surface area contributed by atoms with Gasteiger partial charge in [0.1, 0.15) is 5.75 Å². The number of guanidine groups is 1. The summed E-state index contributed by atoms with van der Waals surface area (Å²) in [5.74, 6) is 2.35. The molecule has 1 fully saturated rings. The molecule has 0 aliphatic carbocycles. The Hall–Kier alpha value is -1.32. The Morgan fingerprint density at radius 1 is 1.31 bits per heavy atom. The Morgan fingerprint density at radius 3 is 2.83 bits per heavy atom. The number of hydrogen-bond donors (Lipinski definition) is 2. The fourth-order valence-electron chi connectivity index (χ4n) is 3.99. The smallest absolute Gasteiger partial charge is 0.191 e. The van der Waals surface area contributed by atoms with Crippen LogP contribution in [0.5, 0.6) is 5.75 Å². The van der Waals surface area contributed by atoms with Crippen LogP contribution < -0.4 is 15.4 Å². The number of halogens is 1. The zero-order valence-corrected chi connectivity index (χ0v) is 20.9. The summed E-state index contributed by atoms with van der Waals surface area (Å²) in [6.07, 6.45) is 2.49. The first-order valence-electron chi connectivity index (χ1n) is 9.94. The summed E-state index contributed by atoms with van der Waals surface area (Å²) in [4.78, 5) is 8.36. The van der Waals surface area contributed by atoms with Gasteiger partial charge in [-0.05, 0) is 67.9 Å². The van der Waals surface area contributed by atoms with Crippen molar-refractivity contribution in [2.75, 3.05) is 34.3 Å². The minimum Gasteiger partial charge on any atom is -0.496 e. The highest BCUT2D eigenvalue weighted by Gasteiger charge is 2.31. The normalized spacial score (nSPS) is 20.1. The number of aryl methyl sites for hydroxylation is 1. The fourth-order valence-corrected chi connectivity index (χ4v) is 4.97. The second kappa shape index (κ2) is 11.8. The van der Waals surface area contributed by atoms with Gasteiger partial charge in [0, 0.05) is 31.1 Å². The van der Waals surface area contributed by atoms with Crippen molar-refractivity contribution in [1.29, 1.82) is 0 Å². The predicted octanol–water partition coefficient (Wildman–Crippen LogP) is 4.43.